The van der Waals surface area contributed by atoms with Crippen molar-refractivity contribution >= 4 is 5.91 Å². The van der Waals surface area contributed by atoms with Gasteiger partial charge in [-0.1, -0.05) is 37.2 Å². The Morgan fingerprint density at radius 2 is 1.81 bits per heavy atom. The quantitative estimate of drug-likeness (QED) is 0.450. The number of rotatable bonds is 10. The number of amides is 1. The normalized spacial score (nSPS) is 10.7. The Balaban J connectivity index is 1.61. The summed E-state index contributed by atoms with van der Waals surface area (Å²) in [5, 5.41) is 4.01. The van der Waals surface area contributed by atoms with E-state index in [1.54, 1.807) is 18.1 Å². The highest BCUT2D eigenvalue weighted by atomic mass is 16.5. The van der Waals surface area contributed by atoms with E-state index in [4.69, 9.17) is 14.0 Å². The standard InChI is InChI=1S/C24H27N3O4/c1-5-14-27(23(28)16-30-21-12-6-18(7-13-21)17(2)3)15-22-25-24(26-31-22)19-8-10-20(29-4)11-9-19/h5-13,17H,1,14-16H2,2-4H3. The van der Waals surface area contributed by atoms with Gasteiger partial charge >= 0.3 is 0 Å². The molecule has 7 nitrogen and oxygen atoms in total. The van der Waals surface area contributed by atoms with Crippen molar-refractivity contribution in [3.05, 3.63) is 72.6 Å². The second-order valence-corrected chi connectivity index (χ2v) is 7.32. The molecule has 2 aromatic carbocycles. The van der Waals surface area contributed by atoms with Crippen LogP contribution in [0.25, 0.3) is 11.4 Å². The summed E-state index contributed by atoms with van der Waals surface area (Å²) in [5.74, 6) is 2.42. The fourth-order valence-corrected chi connectivity index (χ4v) is 2.94. The molecule has 0 bridgehead atoms. The van der Waals surface area contributed by atoms with Crippen molar-refractivity contribution in [2.75, 3.05) is 20.3 Å². The molecule has 0 aliphatic carbocycles. The fraction of sp³-hybridized carbons (Fsp3) is 0.292. The molecule has 3 aromatic rings. The molecule has 0 unspecified atom stereocenters. The van der Waals surface area contributed by atoms with E-state index in [1.165, 1.54) is 5.56 Å². The number of carbonyl (C=O) groups is 1. The maximum absolute atomic E-state index is 12.7. The fourth-order valence-electron chi connectivity index (χ4n) is 2.94. The average molecular weight is 421 g/mol. The highest BCUT2D eigenvalue weighted by Crippen LogP contribution is 2.21. The van der Waals surface area contributed by atoms with Crippen LogP contribution in [0.1, 0.15) is 31.2 Å². The van der Waals surface area contributed by atoms with Gasteiger partial charge in [-0.2, -0.15) is 4.98 Å². The second kappa shape index (κ2) is 10.4. The molecule has 1 aromatic heterocycles. The highest BCUT2D eigenvalue weighted by Gasteiger charge is 2.18. The first-order valence-corrected chi connectivity index (χ1v) is 10.1. The Labute approximate surface area is 182 Å². The van der Waals surface area contributed by atoms with Crippen LogP contribution in [0.5, 0.6) is 11.5 Å². The second-order valence-electron chi connectivity index (χ2n) is 7.32. The van der Waals surface area contributed by atoms with E-state index in [-0.39, 0.29) is 19.1 Å². The number of hydrogen-bond acceptors (Lipinski definition) is 6. The minimum atomic E-state index is -0.197. The van der Waals surface area contributed by atoms with Gasteiger partial charge in [0.2, 0.25) is 11.7 Å². The molecule has 0 radical (unpaired) electrons. The molecule has 31 heavy (non-hydrogen) atoms. The van der Waals surface area contributed by atoms with Gasteiger partial charge < -0.3 is 18.9 Å². The Hall–Kier alpha value is -3.61. The lowest BCUT2D eigenvalue weighted by Gasteiger charge is -2.19. The van der Waals surface area contributed by atoms with E-state index in [2.05, 4.69) is 30.6 Å². The number of aromatic nitrogens is 2. The Morgan fingerprint density at radius 1 is 1.13 bits per heavy atom. The van der Waals surface area contributed by atoms with Gasteiger partial charge in [0.1, 0.15) is 18.0 Å². The molecular formula is C24H27N3O4. The van der Waals surface area contributed by atoms with E-state index >= 15 is 0 Å². The third kappa shape index (κ3) is 5.94. The van der Waals surface area contributed by atoms with Gasteiger partial charge in [-0.3, -0.25) is 4.79 Å². The number of ether oxygens (including phenoxy) is 2. The molecule has 162 valence electrons. The predicted octanol–water partition coefficient (Wildman–Crippen LogP) is 4.46. The van der Waals surface area contributed by atoms with Crippen molar-refractivity contribution in [2.24, 2.45) is 0 Å². The van der Waals surface area contributed by atoms with Crippen LogP contribution in [0.15, 0.2) is 65.7 Å². The van der Waals surface area contributed by atoms with Crippen molar-refractivity contribution in [1.29, 1.82) is 0 Å². The van der Waals surface area contributed by atoms with Crippen molar-refractivity contribution in [2.45, 2.75) is 26.3 Å². The molecule has 0 fully saturated rings. The van der Waals surface area contributed by atoms with Crippen molar-refractivity contribution in [1.82, 2.24) is 15.0 Å². The smallest absolute Gasteiger partial charge is 0.261 e. The van der Waals surface area contributed by atoms with E-state index in [0.29, 0.717) is 29.9 Å². The predicted molar refractivity (Wildman–Crippen MR) is 118 cm³/mol. The topological polar surface area (TPSA) is 77.7 Å². The molecule has 0 spiro atoms. The molecular weight excluding hydrogens is 394 g/mol. The monoisotopic (exact) mass is 421 g/mol. The molecule has 0 atom stereocenters. The average Bonchev–Trinajstić information content (AvgIpc) is 3.26. The van der Waals surface area contributed by atoms with Gasteiger partial charge in [0.15, 0.2) is 6.61 Å². The van der Waals surface area contributed by atoms with Crippen LogP contribution in [-0.4, -0.2) is 41.2 Å². The third-order valence-corrected chi connectivity index (χ3v) is 4.75. The lowest BCUT2D eigenvalue weighted by atomic mass is 10.0. The first kappa shape index (κ1) is 22.1. The summed E-state index contributed by atoms with van der Waals surface area (Å²) in [4.78, 5) is 18.6. The summed E-state index contributed by atoms with van der Waals surface area (Å²) in [5.41, 5.74) is 2.02. The molecule has 0 saturated heterocycles. The number of carbonyl (C=O) groups excluding carboxylic acids is 1. The van der Waals surface area contributed by atoms with Crippen LogP contribution >= 0.6 is 0 Å². The van der Waals surface area contributed by atoms with Gasteiger partial charge in [0.05, 0.1) is 7.11 Å². The molecule has 0 N–H and O–H groups in total. The van der Waals surface area contributed by atoms with E-state index in [0.717, 1.165) is 11.3 Å². The van der Waals surface area contributed by atoms with Crippen LogP contribution in [-0.2, 0) is 11.3 Å². The zero-order valence-corrected chi connectivity index (χ0v) is 18.1. The Morgan fingerprint density at radius 3 is 2.42 bits per heavy atom. The summed E-state index contributed by atoms with van der Waals surface area (Å²) in [6.45, 7) is 8.41. The van der Waals surface area contributed by atoms with Crippen LogP contribution in [0.2, 0.25) is 0 Å². The maximum Gasteiger partial charge on any atom is 0.261 e. The summed E-state index contributed by atoms with van der Waals surface area (Å²) in [7, 11) is 1.61. The summed E-state index contributed by atoms with van der Waals surface area (Å²) in [6, 6.07) is 15.1. The summed E-state index contributed by atoms with van der Waals surface area (Å²) >= 11 is 0. The van der Waals surface area contributed by atoms with Crippen molar-refractivity contribution in [3.8, 4) is 22.9 Å². The van der Waals surface area contributed by atoms with Crippen LogP contribution in [0.4, 0.5) is 0 Å². The Kier molecular flexibility index (Phi) is 7.43. The molecule has 3 rings (SSSR count). The first-order chi connectivity index (χ1) is 15.0. The largest absolute Gasteiger partial charge is 0.497 e. The minimum Gasteiger partial charge on any atom is -0.497 e. The van der Waals surface area contributed by atoms with Crippen LogP contribution < -0.4 is 9.47 Å². The molecule has 0 aliphatic heterocycles. The summed E-state index contributed by atoms with van der Waals surface area (Å²) < 4.78 is 16.2. The van der Waals surface area contributed by atoms with Crippen LogP contribution in [0, 0.1) is 0 Å². The lowest BCUT2D eigenvalue weighted by molar-refractivity contribution is -0.133. The van der Waals surface area contributed by atoms with E-state index < -0.39 is 0 Å². The SMILES string of the molecule is C=CCN(Cc1nc(-c2ccc(OC)cc2)no1)C(=O)COc1ccc(C(C)C)cc1. The zero-order valence-electron chi connectivity index (χ0n) is 18.1. The molecule has 0 aliphatic rings. The molecule has 7 heteroatoms. The third-order valence-electron chi connectivity index (χ3n) is 4.75. The van der Waals surface area contributed by atoms with Crippen molar-refractivity contribution < 1.29 is 18.8 Å². The maximum atomic E-state index is 12.7. The first-order valence-electron chi connectivity index (χ1n) is 10.1. The zero-order chi connectivity index (χ0) is 22.2. The van der Waals surface area contributed by atoms with Crippen molar-refractivity contribution in [3.63, 3.8) is 0 Å². The lowest BCUT2D eigenvalue weighted by Crippen LogP contribution is -2.34. The van der Waals surface area contributed by atoms with Gasteiger partial charge in [-0.25, -0.2) is 0 Å². The van der Waals surface area contributed by atoms with Gasteiger partial charge in [0.25, 0.3) is 5.91 Å². The van der Waals surface area contributed by atoms with Gasteiger partial charge in [-0.05, 0) is 47.9 Å². The number of nitrogens with zero attached hydrogens (tertiary/aromatic N) is 3. The Bertz CT molecular complexity index is 994. The van der Waals surface area contributed by atoms with Crippen LogP contribution in [0.3, 0.4) is 0 Å². The summed E-state index contributed by atoms with van der Waals surface area (Å²) in [6.07, 6.45) is 1.65. The molecule has 0 saturated carbocycles. The number of methoxy groups -OCH3 is 1. The van der Waals surface area contributed by atoms with E-state index in [9.17, 15) is 4.79 Å². The molecule has 1 heterocycles. The minimum absolute atomic E-state index is 0.0889. The highest BCUT2D eigenvalue weighted by molar-refractivity contribution is 5.77. The van der Waals surface area contributed by atoms with E-state index in [1.807, 2.05) is 48.5 Å². The van der Waals surface area contributed by atoms with Gasteiger partial charge in [-0.15, -0.1) is 6.58 Å². The number of hydrogen-bond donors (Lipinski definition) is 0. The molecule has 1 amide bonds. The number of benzene rings is 2. The van der Waals surface area contributed by atoms with Gasteiger partial charge in [0, 0.05) is 12.1 Å².